The van der Waals surface area contributed by atoms with E-state index in [1.165, 1.54) is 14.0 Å². The molecule has 1 heterocycles. The van der Waals surface area contributed by atoms with Crippen molar-refractivity contribution >= 4 is 18.0 Å². The van der Waals surface area contributed by atoms with E-state index in [1.807, 2.05) is 6.07 Å². The molecular formula is C19H25NO9. The van der Waals surface area contributed by atoms with Crippen LogP contribution in [0.1, 0.15) is 19.4 Å². The van der Waals surface area contributed by atoms with Crippen molar-refractivity contribution in [3.63, 3.8) is 0 Å². The molecule has 0 spiro atoms. The summed E-state index contributed by atoms with van der Waals surface area (Å²) < 4.78 is 26.1. The molecule has 1 fully saturated rings. The van der Waals surface area contributed by atoms with Crippen molar-refractivity contribution in [2.24, 2.45) is 0 Å². The Morgan fingerprint density at radius 2 is 1.69 bits per heavy atom. The van der Waals surface area contributed by atoms with E-state index in [4.69, 9.17) is 23.7 Å². The quantitative estimate of drug-likeness (QED) is 0.487. The van der Waals surface area contributed by atoms with Crippen LogP contribution in [-0.4, -0.2) is 67.5 Å². The van der Waals surface area contributed by atoms with Gasteiger partial charge in [-0.3, -0.25) is 9.59 Å². The van der Waals surface area contributed by atoms with Crippen LogP contribution in [0.5, 0.6) is 0 Å². The largest absolute Gasteiger partial charge is 0.456 e. The predicted octanol–water partition coefficient (Wildman–Crippen LogP) is 0.508. The van der Waals surface area contributed by atoms with E-state index in [0.717, 1.165) is 12.5 Å². The Hall–Kier alpha value is -2.69. The summed E-state index contributed by atoms with van der Waals surface area (Å²) in [7, 11) is 1.40. The van der Waals surface area contributed by atoms with Gasteiger partial charge in [0.25, 0.3) is 0 Å². The van der Waals surface area contributed by atoms with Crippen LogP contribution in [0.25, 0.3) is 0 Å². The summed E-state index contributed by atoms with van der Waals surface area (Å²) in [5.41, 5.74) is 0.762. The van der Waals surface area contributed by atoms with Gasteiger partial charge in [-0.25, -0.2) is 4.79 Å². The van der Waals surface area contributed by atoms with Crippen LogP contribution < -0.4 is 5.32 Å². The molecule has 1 amide bonds. The number of methoxy groups -OCH3 is 1. The number of hydrogen-bond donors (Lipinski definition) is 2. The lowest BCUT2D eigenvalue weighted by Gasteiger charge is -2.43. The van der Waals surface area contributed by atoms with Gasteiger partial charge in [-0.2, -0.15) is 0 Å². The topological polar surface area (TPSA) is 130 Å². The molecule has 0 radical (unpaired) electrons. The second-order valence-electron chi connectivity index (χ2n) is 6.40. The Morgan fingerprint density at radius 1 is 1.07 bits per heavy atom. The highest BCUT2D eigenvalue weighted by Gasteiger charge is 2.50. The lowest BCUT2D eigenvalue weighted by atomic mass is 9.96. The SMILES string of the molecule is COC[C@H]1O[C@H](O)[C@@H](NC(=O)OCc2ccccc2)[C@@H](OC(C)=O)[C@@H]1OC(C)=O. The minimum atomic E-state index is -1.56. The van der Waals surface area contributed by atoms with Gasteiger partial charge in [0, 0.05) is 21.0 Å². The second kappa shape index (κ2) is 10.7. The van der Waals surface area contributed by atoms with E-state index in [-0.39, 0.29) is 13.2 Å². The number of ether oxygens (including phenoxy) is 5. The highest BCUT2D eigenvalue weighted by molar-refractivity contribution is 5.69. The van der Waals surface area contributed by atoms with Gasteiger partial charge in [0.05, 0.1) is 6.61 Å². The Bertz CT molecular complexity index is 696. The number of nitrogens with one attached hydrogen (secondary N) is 1. The summed E-state index contributed by atoms with van der Waals surface area (Å²) in [4.78, 5) is 35.4. The maximum absolute atomic E-state index is 12.2. The van der Waals surface area contributed by atoms with Gasteiger partial charge in [0.1, 0.15) is 18.8 Å². The second-order valence-corrected chi connectivity index (χ2v) is 6.40. The normalized spacial score (nSPS) is 26.3. The Balaban J connectivity index is 2.14. The molecule has 0 aliphatic carbocycles. The molecule has 1 saturated heterocycles. The number of rotatable bonds is 7. The van der Waals surface area contributed by atoms with Crippen LogP contribution in [0.4, 0.5) is 4.79 Å². The van der Waals surface area contributed by atoms with Crippen molar-refractivity contribution in [3.05, 3.63) is 35.9 Å². The maximum atomic E-state index is 12.2. The molecule has 0 aromatic heterocycles. The molecule has 10 heteroatoms. The highest BCUT2D eigenvalue weighted by Crippen LogP contribution is 2.26. The van der Waals surface area contributed by atoms with Crippen molar-refractivity contribution in [3.8, 4) is 0 Å². The van der Waals surface area contributed by atoms with E-state index in [2.05, 4.69) is 5.32 Å². The molecule has 1 aliphatic rings. The molecule has 2 N–H and O–H groups in total. The highest BCUT2D eigenvalue weighted by atomic mass is 16.7. The molecule has 29 heavy (non-hydrogen) atoms. The molecule has 0 saturated carbocycles. The number of carbonyl (C=O) groups is 3. The zero-order valence-electron chi connectivity index (χ0n) is 16.4. The monoisotopic (exact) mass is 411 g/mol. The van der Waals surface area contributed by atoms with Gasteiger partial charge in [-0.1, -0.05) is 30.3 Å². The first-order valence-electron chi connectivity index (χ1n) is 8.96. The van der Waals surface area contributed by atoms with Crippen molar-refractivity contribution < 1.29 is 43.2 Å². The van der Waals surface area contributed by atoms with Gasteiger partial charge in [-0.05, 0) is 5.56 Å². The lowest BCUT2D eigenvalue weighted by molar-refractivity contribution is -0.264. The smallest absolute Gasteiger partial charge is 0.407 e. The number of hydrogen-bond acceptors (Lipinski definition) is 9. The molecule has 10 nitrogen and oxygen atoms in total. The zero-order chi connectivity index (χ0) is 21.4. The van der Waals surface area contributed by atoms with E-state index in [0.29, 0.717) is 0 Å². The number of amides is 1. The third kappa shape index (κ3) is 6.70. The van der Waals surface area contributed by atoms with Crippen LogP contribution in [0.2, 0.25) is 0 Å². The third-order valence-electron chi connectivity index (χ3n) is 4.10. The molecule has 160 valence electrons. The summed E-state index contributed by atoms with van der Waals surface area (Å²) in [6.07, 6.45) is -5.67. The fourth-order valence-corrected chi connectivity index (χ4v) is 2.94. The summed E-state index contributed by atoms with van der Waals surface area (Å²) in [5, 5.41) is 12.8. The summed E-state index contributed by atoms with van der Waals surface area (Å²) >= 11 is 0. The number of carbonyl (C=O) groups excluding carboxylic acids is 3. The maximum Gasteiger partial charge on any atom is 0.407 e. The van der Waals surface area contributed by atoms with Crippen LogP contribution in [-0.2, 0) is 39.9 Å². The van der Waals surface area contributed by atoms with Crippen molar-refractivity contribution in [2.45, 2.75) is 51.1 Å². The van der Waals surface area contributed by atoms with E-state index >= 15 is 0 Å². The molecular weight excluding hydrogens is 386 g/mol. The summed E-state index contributed by atoms with van der Waals surface area (Å²) in [5.74, 6) is -1.35. The van der Waals surface area contributed by atoms with Gasteiger partial charge >= 0.3 is 18.0 Å². The van der Waals surface area contributed by atoms with E-state index in [9.17, 15) is 19.5 Å². The summed E-state index contributed by atoms with van der Waals surface area (Å²) in [6.45, 7) is 2.28. The fourth-order valence-electron chi connectivity index (χ4n) is 2.94. The average Bonchev–Trinajstić information content (AvgIpc) is 2.66. The lowest BCUT2D eigenvalue weighted by Crippen LogP contribution is -2.66. The first-order chi connectivity index (χ1) is 13.8. The first-order valence-corrected chi connectivity index (χ1v) is 8.96. The first kappa shape index (κ1) is 22.6. The van der Waals surface area contributed by atoms with Crippen LogP contribution in [0.3, 0.4) is 0 Å². The number of esters is 2. The van der Waals surface area contributed by atoms with Crippen LogP contribution in [0, 0.1) is 0 Å². The molecule has 1 aliphatic heterocycles. The Kier molecular flexibility index (Phi) is 8.37. The molecule has 5 atom stereocenters. The molecule has 2 rings (SSSR count). The predicted molar refractivity (Wildman–Crippen MR) is 97.4 cm³/mol. The van der Waals surface area contributed by atoms with Crippen molar-refractivity contribution in [1.82, 2.24) is 5.32 Å². The number of benzene rings is 1. The van der Waals surface area contributed by atoms with Gasteiger partial charge in [0.15, 0.2) is 18.5 Å². The zero-order valence-corrected chi connectivity index (χ0v) is 16.4. The van der Waals surface area contributed by atoms with Crippen LogP contribution in [0.15, 0.2) is 30.3 Å². The van der Waals surface area contributed by atoms with Gasteiger partial charge in [-0.15, -0.1) is 0 Å². The molecule has 1 aromatic carbocycles. The summed E-state index contributed by atoms with van der Waals surface area (Å²) in [6, 6.07) is 7.74. The van der Waals surface area contributed by atoms with Crippen molar-refractivity contribution in [1.29, 1.82) is 0 Å². The van der Waals surface area contributed by atoms with E-state index < -0.39 is 48.7 Å². The molecule has 0 unspecified atom stereocenters. The standard InChI is InChI=1S/C19H25NO9/c1-11(21)27-16-14(10-25-3)29-18(23)15(17(16)28-12(2)22)20-19(24)26-9-13-7-5-4-6-8-13/h4-8,14-18,23H,9-10H2,1-3H3,(H,20,24)/t14-,15+,16-,17-,18+/m1/s1. The van der Waals surface area contributed by atoms with Gasteiger partial charge in [0.2, 0.25) is 0 Å². The minimum absolute atomic E-state index is 0.00570. The van der Waals surface area contributed by atoms with Gasteiger partial charge < -0.3 is 34.1 Å². The molecule has 1 aromatic rings. The average molecular weight is 411 g/mol. The Morgan fingerprint density at radius 3 is 2.28 bits per heavy atom. The number of alkyl carbamates (subject to hydrolysis) is 1. The number of aliphatic hydroxyl groups excluding tert-OH is 1. The van der Waals surface area contributed by atoms with E-state index in [1.54, 1.807) is 24.3 Å². The molecule has 0 bridgehead atoms. The minimum Gasteiger partial charge on any atom is -0.456 e. The fraction of sp³-hybridized carbons (Fsp3) is 0.526. The number of aliphatic hydroxyl groups is 1. The van der Waals surface area contributed by atoms with Crippen molar-refractivity contribution in [2.75, 3.05) is 13.7 Å². The van der Waals surface area contributed by atoms with Crippen LogP contribution >= 0.6 is 0 Å². The Labute approximate surface area is 168 Å². The third-order valence-corrected chi connectivity index (χ3v) is 4.10.